The van der Waals surface area contributed by atoms with Crippen LogP contribution in [0.5, 0.6) is 5.75 Å². The Morgan fingerprint density at radius 1 is 0.508 bits per heavy atom. The molecule has 1 rings (SSSR count). The number of nitrogens with one attached hydrogen (secondary N) is 4. The molecule has 5 amide bonds. The molecule has 4 atom stereocenters. The minimum atomic E-state index is -1.40. The van der Waals surface area contributed by atoms with Gasteiger partial charge in [0.05, 0.1) is 6.04 Å². The second-order valence-corrected chi connectivity index (χ2v) is 15.6. The first kappa shape index (κ1) is 53.8. The molecule has 18 nitrogen and oxygen atoms in total. The minimum Gasteiger partial charge on any atom is -0.508 e. The Balaban J connectivity index is 2.22. The number of carboxylic acids is 3. The molecule has 0 bridgehead atoms. The summed E-state index contributed by atoms with van der Waals surface area (Å²) in [5.41, 5.74) is 12.1. The summed E-state index contributed by atoms with van der Waals surface area (Å²) in [7, 11) is 0. The van der Waals surface area contributed by atoms with Crippen LogP contribution < -0.4 is 32.7 Å². The smallest absolute Gasteiger partial charge is 0.326 e. The number of primary amides is 1. The Labute approximate surface area is 358 Å². The van der Waals surface area contributed by atoms with Gasteiger partial charge >= 0.3 is 17.9 Å². The number of amides is 5. The molecular weight excluding hydrogens is 793 g/mol. The van der Waals surface area contributed by atoms with Crippen LogP contribution in [0, 0.1) is 0 Å². The Morgan fingerprint density at radius 2 is 0.951 bits per heavy atom. The van der Waals surface area contributed by atoms with Crippen molar-refractivity contribution in [3.8, 4) is 5.75 Å². The Kier molecular flexibility index (Phi) is 28.6. The lowest BCUT2D eigenvalue weighted by Crippen LogP contribution is -2.51. The third kappa shape index (κ3) is 28.0. The van der Waals surface area contributed by atoms with E-state index in [1.807, 2.05) is 0 Å². The highest BCUT2D eigenvalue weighted by Gasteiger charge is 2.25. The zero-order valence-electron chi connectivity index (χ0n) is 35.5. The highest BCUT2D eigenvalue weighted by Crippen LogP contribution is 2.15. The van der Waals surface area contributed by atoms with Crippen molar-refractivity contribution in [3.63, 3.8) is 0 Å². The molecule has 18 heteroatoms. The van der Waals surface area contributed by atoms with E-state index in [4.69, 9.17) is 16.6 Å². The van der Waals surface area contributed by atoms with Gasteiger partial charge in [-0.05, 0) is 62.6 Å². The topological polar surface area (TPSA) is 318 Å². The van der Waals surface area contributed by atoms with Crippen molar-refractivity contribution in [2.24, 2.45) is 11.5 Å². The number of unbranched alkanes of at least 4 members (excludes halogenated alkanes) is 14. The first-order chi connectivity index (χ1) is 29.1. The molecule has 0 aromatic heterocycles. The number of nitrogens with two attached hydrogens (primary N) is 2. The largest absolute Gasteiger partial charge is 0.508 e. The molecule has 61 heavy (non-hydrogen) atoms. The number of phenols is 1. The van der Waals surface area contributed by atoms with Crippen molar-refractivity contribution in [2.75, 3.05) is 6.54 Å². The predicted octanol–water partition coefficient (Wildman–Crippen LogP) is 3.54. The summed E-state index contributed by atoms with van der Waals surface area (Å²) in [6.45, 7) is 0.216. The Hall–Kier alpha value is -5.26. The number of phenolic OH excluding ortho intramolecular Hbond substituents is 1. The van der Waals surface area contributed by atoms with Crippen LogP contribution in [0.15, 0.2) is 24.3 Å². The zero-order valence-corrected chi connectivity index (χ0v) is 35.5. The molecule has 1 aromatic rings. The second kappa shape index (κ2) is 32.5. The third-order valence-electron chi connectivity index (χ3n) is 10.3. The molecule has 0 heterocycles. The maximum Gasteiger partial charge on any atom is 0.326 e. The molecule has 0 saturated carbocycles. The fourth-order valence-electron chi connectivity index (χ4n) is 6.59. The van der Waals surface area contributed by atoms with E-state index in [1.54, 1.807) is 12.1 Å². The van der Waals surface area contributed by atoms with E-state index in [1.165, 1.54) is 37.8 Å². The van der Waals surface area contributed by atoms with Crippen molar-refractivity contribution in [1.29, 1.82) is 0 Å². The lowest BCUT2D eigenvalue weighted by Gasteiger charge is -2.19. The number of carbonyl (C=O) groups is 8. The minimum absolute atomic E-state index is 0.0543. The monoisotopic (exact) mass is 863 g/mol. The number of carboxylic acid groups (broad SMARTS) is 3. The van der Waals surface area contributed by atoms with Crippen LogP contribution in [-0.4, -0.2) is 98.6 Å². The molecule has 0 spiro atoms. The van der Waals surface area contributed by atoms with E-state index in [0.29, 0.717) is 24.8 Å². The maximum absolute atomic E-state index is 12.5. The summed E-state index contributed by atoms with van der Waals surface area (Å²) >= 11 is 0. The normalized spacial score (nSPS) is 12.9. The number of hydrogen-bond donors (Lipinski definition) is 10. The summed E-state index contributed by atoms with van der Waals surface area (Å²) in [6, 6.07) is 1.44. The molecule has 0 aliphatic rings. The number of benzene rings is 1. The van der Waals surface area contributed by atoms with Gasteiger partial charge in [0.1, 0.15) is 23.9 Å². The zero-order chi connectivity index (χ0) is 45.4. The van der Waals surface area contributed by atoms with Crippen LogP contribution in [0.3, 0.4) is 0 Å². The lowest BCUT2D eigenvalue weighted by molar-refractivity contribution is -0.143. The van der Waals surface area contributed by atoms with Crippen LogP contribution in [0.1, 0.15) is 153 Å². The number of carbonyl (C=O) groups excluding carboxylic acids is 5. The molecule has 0 aliphatic carbocycles. The van der Waals surface area contributed by atoms with Gasteiger partial charge < -0.3 is 53.2 Å². The van der Waals surface area contributed by atoms with E-state index in [2.05, 4.69) is 21.3 Å². The lowest BCUT2D eigenvalue weighted by atomic mass is 10.0. The van der Waals surface area contributed by atoms with Crippen molar-refractivity contribution in [1.82, 2.24) is 21.3 Å². The van der Waals surface area contributed by atoms with Gasteiger partial charge in [-0.15, -0.1) is 0 Å². The van der Waals surface area contributed by atoms with Gasteiger partial charge in [-0.2, -0.15) is 0 Å². The average molecular weight is 863 g/mol. The Morgan fingerprint density at radius 3 is 1.41 bits per heavy atom. The maximum atomic E-state index is 12.5. The number of aliphatic carboxylic acids is 3. The number of hydrogen-bond acceptors (Lipinski definition) is 10. The van der Waals surface area contributed by atoms with E-state index in [0.717, 1.165) is 57.8 Å². The van der Waals surface area contributed by atoms with Crippen molar-refractivity contribution in [3.05, 3.63) is 29.8 Å². The summed E-state index contributed by atoms with van der Waals surface area (Å²) < 4.78 is 0. The van der Waals surface area contributed by atoms with Gasteiger partial charge in [-0.1, -0.05) is 89.2 Å². The molecule has 0 fully saturated rings. The van der Waals surface area contributed by atoms with Crippen molar-refractivity contribution < 1.29 is 58.8 Å². The number of aromatic hydroxyl groups is 1. The summed E-state index contributed by atoms with van der Waals surface area (Å²) in [6.07, 6.45) is 15.1. The van der Waals surface area contributed by atoms with E-state index >= 15 is 0 Å². The second-order valence-electron chi connectivity index (χ2n) is 15.6. The summed E-state index contributed by atoms with van der Waals surface area (Å²) in [4.78, 5) is 95.8. The van der Waals surface area contributed by atoms with E-state index < -0.39 is 71.6 Å². The Bertz CT molecular complexity index is 1510. The van der Waals surface area contributed by atoms with Crippen LogP contribution in [0.2, 0.25) is 0 Å². The first-order valence-corrected chi connectivity index (χ1v) is 21.7. The standard InChI is InChI=1S/C43H70N6O12/c44-32(41(57)49-35(40(45)56)29-30-20-22-31(50)23-21-30)17-15-16-28-46-36(51)26-24-33(42(58)59)48-38(53)27-25-34(43(60)61)47-37(52)18-13-11-9-7-5-3-1-2-4-6-8-10-12-14-19-39(54)55/h20-23,32-35,50H,1-19,24-29,44H2,(H2,45,56)(H,46,51)(H,47,52)(H,48,53)(H,49,57)(H,54,55)(H,58,59)(H,60,61)/t32-,33-,34-,35-/m0/s1. The fraction of sp³-hybridized carbons (Fsp3) is 0.674. The molecule has 344 valence electrons. The molecular formula is C43H70N6O12. The van der Waals surface area contributed by atoms with Crippen LogP contribution in [0.4, 0.5) is 0 Å². The molecule has 1 aromatic carbocycles. The molecule has 0 aliphatic heterocycles. The van der Waals surface area contributed by atoms with Gasteiger partial charge in [-0.25, -0.2) is 9.59 Å². The van der Waals surface area contributed by atoms with E-state index in [9.17, 15) is 53.7 Å². The quantitative estimate of drug-likeness (QED) is 0.0429. The summed E-state index contributed by atoms with van der Waals surface area (Å²) in [5.74, 6) is -6.30. The van der Waals surface area contributed by atoms with E-state index in [-0.39, 0.29) is 63.7 Å². The van der Waals surface area contributed by atoms with Crippen molar-refractivity contribution in [2.45, 2.75) is 178 Å². The van der Waals surface area contributed by atoms with Crippen LogP contribution in [0.25, 0.3) is 0 Å². The average Bonchev–Trinajstić information content (AvgIpc) is 3.20. The number of rotatable bonds is 37. The van der Waals surface area contributed by atoms with Crippen LogP contribution >= 0.6 is 0 Å². The molecule has 12 N–H and O–H groups in total. The SMILES string of the molecule is NC(=O)[C@H](Cc1ccc(O)cc1)NC(=O)[C@@H](N)CCCCNC(=O)CC[C@H](NC(=O)CC[C@H](NC(=O)CCCCCCCCCCCCCCCCC(=O)O)C(=O)O)C(=O)O. The highest BCUT2D eigenvalue weighted by atomic mass is 16.4. The van der Waals surface area contributed by atoms with Gasteiger partial charge in [-0.3, -0.25) is 28.8 Å². The predicted molar refractivity (Wildman–Crippen MR) is 227 cm³/mol. The van der Waals surface area contributed by atoms with Crippen molar-refractivity contribution >= 4 is 47.4 Å². The van der Waals surface area contributed by atoms with Gasteiger partial charge in [0.25, 0.3) is 0 Å². The van der Waals surface area contributed by atoms with Gasteiger partial charge in [0, 0.05) is 38.6 Å². The summed E-state index contributed by atoms with van der Waals surface area (Å²) in [5, 5.41) is 47.2. The van der Waals surface area contributed by atoms with Crippen LogP contribution in [-0.2, 0) is 44.8 Å². The fourth-order valence-corrected chi connectivity index (χ4v) is 6.59. The molecule has 0 saturated heterocycles. The molecule has 0 unspecified atom stereocenters. The van der Waals surface area contributed by atoms with Gasteiger partial charge in [0.15, 0.2) is 0 Å². The highest BCUT2D eigenvalue weighted by molar-refractivity contribution is 5.89. The van der Waals surface area contributed by atoms with Gasteiger partial charge in [0.2, 0.25) is 29.5 Å². The molecule has 0 radical (unpaired) electrons. The first-order valence-electron chi connectivity index (χ1n) is 21.7. The third-order valence-corrected chi connectivity index (χ3v) is 10.3.